The maximum atomic E-state index is 5.91. The summed E-state index contributed by atoms with van der Waals surface area (Å²) in [7, 11) is 0. The lowest BCUT2D eigenvalue weighted by molar-refractivity contribution is 0.235. The van der Waals surface area contributed by atoms with Crippen LogP contribution in [-0.2, 0) is 6.42 Å². The Morgan fingerprint density at radius 2 is 1.90 bits per heavy atom. The van der Waals surface area contributed by atoms with Crippen molar-refractivity contribution in [3.05, 3.63) is 29.8 Å². The number of rotatable bonds is 5. The van der Waals surface area contributed by atoms with Crippen LogP contribution >= 0.6 is 0 Å². The molecule has 0 radical (unpaired) electrons. The number of hydrogen-bond acceptors (Lipinski definition) is 2. The minimum absolute atomic E-state index is 0.506. The van der Waals surface area contributed by atoms with Gasteiger partial charge in [-0.05, 0) is 50.0 Å². The van der Waals surface area contributed by atoms with Gasteiger partial charge in [-0.15, -0.1) is 0 Å². The molecule has 0 unspecified atom stereocenters. The molecule has 1 heterocycles. The fourth-order valence-corrected chi connectivity index (χ4v) is 2.51. The quantitative estimate of drug-likeness (QED) is 0.640. The van der Waals surface area contributed by atoms with E-state index in [1.54, 1.807) is 0 Å². The van der Waals surface area contributed by atoms with Crippen LogP contribution in [0.25, 0.3) is 0 Å². The van der Waals surface area contributed by atoms with Gasteiger partial charge in [-0.25, -0.2) is 0 Å². The van der Waals surface area contributed by atoms with E-state index in [0.717, 1.165) is 25.2 Å². The van der Waals surface area contributed by atoms with E-state index >= 15 is 0 Å². The number of likely N-dealkylation sites (tertiary alicyclic amines) is 1. The molecule has 0 aromatic heterocycles. The summed E-state index contributed by atoms with van der Waals surface area (Å²) >= 11 is 0. The Bertz CT molecular complexity index is 419. The third kappa shape index (κ3) is 4.85. The van der Waals surface area contributed by atoms with Crippen LogP contribution in [0.5, 0.6) is 0 Å². The Balaban J connectivity index is 1.74. The average molecular weight is 274 g/mol. The summed E-state index contributed by atoms with van der Waals surface area (Å²) in [6.07, 6.45) is 5.07. The summed E-state index contributed by atoms with van der Waals surface area (Å²) in [5.41, 5.74) is 8.24. The maximum Gasteiger partial charge on any atom is 0.193 e. The molecule has 110 valence electrons. The Morgan fingerprint density at radius 3 is 2.55 bits per heavy atom. The predicted molar refractivity (Wildman–Crippen MR) is 86.2 cm³/mol. The number of nitrogens with zero attached hydrogens (tertiary/aromatic N) is 2. The molecule has 0 saturated carbocycles. The lowest BCUT2D eigenvalue weighted by Gasteiger charge is -2.25. The molecule has 0 spiro atoms. The van der Waals surface area contributed by atoms with E-state index < -0.39 is 0 Å². The van der Waals surface area contributed by atoms with Crippen molar-refractivity contribution in [2.24, 2.45) is 10.7 Å². The molecular weight excluding hydrogens is 248 g/mol. The van der Waals surface area contributed by atoms with Gasteiger partial charge in [-0.2, -0.15) is 0 Å². The number of aliphatic imine (C=N–C) groups is 1. The molecule has 1 aliphatic heterocycles. The van der Waals surface area contributed by atoms with Crippen LogP contribution in [0, 0.1) is 0 Å². The summed E-state index contributed by atoms with van der Waals surface area (Å²) in [5, 5.41) is 3.14. The van der Waals surface area contributed by atoms with Gasteiger partial charge in [0.05, 0.1) is 6.54 Å². The van der Waals surface area contributed by atoms with E-state index in [1.807, 2.05) is 12.1 Å². The molecule has 1 aliphatic rings. The van der Waals surface area contributed by atoms with Crippen molar-refractivity contribution in [1.29, 1.82) is 0 Å². The van der Waals surface area contributed by atoms with Crippen molar-refractivity contribution in [2.75, 3.05) is 31.5 Å². The Kier molecular flexibility index (Phi) is 5.87. The van der Waals surface area contributed by atoms with Crippen molar-refractivity contribution in [3.8, 4) is 0 Å². The highest BCUT2D eigenvalue weighted by atomic mass is 15.2. The second kappa shape index (κ2) is 7.90. The zero-order valence-corrected chi connectivity index (χ0v) is 12.4. The van der Waals surface area contributed by atoms with E-state index in [0.29, 0.717) is 5.96 Å². The molecule has 3 N–H and O–H groups in total. The summed E-state index contributed by atoms with van der Waals surface area (Å²) in [5.74, 6) is 0.506. The number of hydrogen-bond donors (Lipinski definition) is 2. The molecule has 2 rings (SSSR count). The van der Waals surface area contributed by atoms with E-state index in [-0.39, 0.29) is 0 Å². The van der Waals surface area contributed by atoms with E-state index in [2.05, 4.69) is 34.3 Å². The van der Waals surface area contributed by atoms with Crippen LogP contribution in [0.1, 0.15) is 31.7 Å². The minimum Gasteiger partial charge on any atom is -0.370 e. The summed E-state index contributed by atoms with van der Waals surface area (Å²) in [6, 6.07) is 8.32. The van der Waals surface area contributed by atoms with Crippen LogP contribution in [0.15, 0.2) is 29.3 Å². The summed E-state index contributed by atoms with van der Waals surface area (Å²) < 4.78 is 0. The second-order valence-electron chi connectivity index (χ2n) is 5.34. The number of piperidine rings is 1. The fourth-order valence-electron chi connectivity index (χ4n) is 2.51. The normalized spacial score (nSPS) is 17.1. The molecule has 1 saturated heterocycles. The third-order valence-corrected chi connectivity index (χ3v) is 3.78. The SMILES string of the molecule is CCc1ccc(NC(N)=NCCN2CCCCC2)cc1. The van der Waals surface area contributed by atoms with E-state index in [9.17, 15) is 0 Å². The zero-order valence-electron chi connectivity index (χ0n) is 12.4. The standard InChI is InChI=1S/C16H26N4/c1-2-14-6-8-15(9-7-14)19-16(17)18-10-13-20-11-4-3-5-12-20/h6-9H,2-5,10-13H2,1H3,(H3,17,18,19). The second-order valence-corrected chi connectivity index (χ2v) is 5.34. The number of nitrogens with one attached hydrogen (secondary N) is 1. The number of guanidine groups is 1. The van der Waals surface area contributed by atoms with Gasteiger partial charge in [0, 0.05) is 12.2 Å². The molecule has 0 atom stereocenters. The fraction of sp³-hybridized carbons (Fsp3) is 0.562. The van der Waals surface area contributed by atoms with E-state index in [1.165, 1.54) is 37.9 Å². The highest BCUT2D eigenvalue weighted by Gasteiger charge is 2.08. The van der Waals surface area contributed by atoms with Gasteiger partial charge in [0.25, 0.3) is 0 Å². The molecule has 0 bridgehead atoms. The van der Waals surface area contributed by atoms with Crippen LogP contribution in [-0.4, -0.2) is 37.0 Å². The highest BCUT2D eigenvalue weighted by Crippen LogP contribution is 2.10. The lowest BCUT2D eigenvalue weighted by Crippen LogP contribution is -2.32. The lowest BCUT2D eigenvalue weighted by atomic mass is 10.1. The topological polar surface area (TPSA) is 53.6 Å². The van der Waals surface area contributed by atoms with Crippen molar-refractivity contribution >= 4 is 11.6 Å². The van der Waals surface area contributed by atoms with Crippen LogP contribution < -0.4 is 11.1 Å². The van der Waals surface area contributed by atoms with Crippen LogP contribution in [0.3, 0.4) is 0 Å². The van der Waals surface area contributed by atoms with Crippen LogP contribution in [0.2, 0.25) is 0 Å². The van der Waals surface area contributed by atoms with Gasteiger partial charge < -0.3 is 16.0 Å². The first-order valence-electron chi connectivity index (χ1n) is 7.66. The highest BCUT2D eigenvalue weighted by molar-refractivity contribution is 5.92. The smallest absolute Gasteiger partial charge is 0.193 e. The maximum absolute atomic E-state index is 5.91. The van der Waals surface area contributed by atoms with Crippen molar-refractivity contribution in [1.82, 2.24) is 4.90 Å². The molecular formula is C16H26N4. The van der Waals surface area contributed by atoms with Gasteiger partial charge in [0.1, 0.15) is 0 Å². The monoisotopic (exact) mass is 274 g/mol. The Labute approximate surface area is 122 Å². The van der Waals surface area contributed by atoms with Gasteiger partial charge in [0.15, 0.2) is 5.96 Å². The Hall–Kier alpha value is -1.55. The molecule has 4 nitrogen and oxygen atoms in total. The van der Waals surface area contributed by atoms with Gasteiger partial charge in [-0.1, -0.05) is 25.5 Å². The van der Waals surface area contributed by atoms with Gasteiger partial charge in [0.2, 0.25) is 0 Å². The molecule has 4 heteroatoms. The number of aryl methyl sites for hydroxylation is 1. The zero-order chi connectivity index (χ0) is 14.2. The molecule has 1 fully saturated rings. The third-order valence-electron chi connectivity index (χ3n) is 3.78. The molecule has 1 aromatic carbocycles. The number of anilines is 1. The summed E-state index contributed by atoms with van der Waals surface area (Å²) in [4.78, 5) is 6.87. The molecule has 0 amide bonds. The predicted octanol–water partition coefficient (Wildman–Crippen LogP) is 2.46. The first-order chi connectivity index (χ1) is 9.78. The van der Waals surface area contributed by atoms with Crippen molar-refractivity contribution in [3.63, 3.8) is 0 Å². The number of benzene rings is 1. The Morgan fingerprint density at radius 1 is 1.20 bits per heavy atom. The summed E-state index contributed by atoms with van der Waals surface area (Å²) in [6.45, 7) is 6.35. The molecule has 20 heavy (non-hydrogen) atoms. The van der Waals surface area contributed by atoms with Crippen molar-refractivity contribution < 1.29 is 0 Å². The average Bonchev–Trinajstić information content (AvgIpc) is 2.49. The van der Waals surface area contributed by atoms with Crippen molar-refractivity contribution in [2.45, 2.75) is 32.6 Å². The number of nitrogens with two attached hydrogens (primary N) is 1. The first kappa shape index (κ1) is 14.9. The van der Waals surface area contributed by atoms with Gasteiger partial charge >= 0.3 is 0 Å². The first-order valence-corrected chi connectivity index (χ1v) is 7.66. The molecule has 0 aliphatic carbocycles. The van der Waals surface area contributed by atoms with Crippen LogP contribution in [0.4, 0.5) is 5.69 Å². The largest absolute Gasteiger partial charge is 0.370 e. The van der Waals surface area contributed by atoms with E-state index in [4.69, 9.17) is 5.73 Å². The molecule has 1 aromatic rings. The van der Waals surface area contributed by atoms with Gasteiger partial charge in [-0.3, -0.25) is 4.99 Å². The minimum atomic E-state index is 0.506.